The van der Waals surface area contributed by atoms with Crippen LogP contribution in [0.2, 0.25) is 5.02 Å². The summed E-state index contributed by atoms with van der Waals surface area (Å²) in [6.45, 7) is 0.192. The number of nitrogens with one attached hydrogen (secondary N) is 2. The minimum absolute atomic E-state index is 0.0612. The van der Waals surface area contributed by atoms with E-state index in [9.17, 15) is 9.59 Å². The molecule has 1 aromatic heterocycles. The molecule has 5 nitrogen and oxygen atoms in total. The summed E-state index contributed by atoms with van der Waals surface area (Å²) in [5.74, 6) is -3.91. The molecule has 0 aliphatic rings. The topological polar surface area (TPSA) is 75.0 Å². The highest BCUT2D eigenvalue weighted by Gasteiger charge is 2.34. The second-order valence-electron chi connectivity index (χ2n) is 8.19. The number of pyridine rings is 1. The summed E-state index contributed by atoms with van der Waals surface area (Å²) in [5.41, 5.74) is 0.738. The van der Waals surface area contributed by atoms with Crippen molar-refractivity contribution in [1.29, 1.82) is 5.41 Å². The Labute approximate surface area is 211 Å². The molecule has 0 atom stereocenters. The Morgan fingerprint density at radius 3 is 2.33 bits per heavy atom. The van der Waals surface area contributed by atoms with Crippen LogP contribution in [0.4, 0.5) is 8.78 Å². The molecule has 36 heavy (non-hydrogen) atoms. The minimum Gasteiger partial charge on any atom is -0.346 e. The van der Waals surface area contributed by atoms with Crippen LogP contribution in [-0.4, -0.2) is 22.7 Å². The Hall–Kier alpha value is -4.10. The first-order chi connectivity index (χ1) is 17.2. The second kappa shape index (κ2) is 10.7. The lowest BCUT2D eigenvalue weighted by Crippen LogP contribution is -2.30. The van der Waals surface area contributed by atoms with E-state index in [2.05, 4.69) is 5.32 Å². The van der Waals surface area contributed by atoms with Crippen LogP contribution in [0.25, 0.3) is 0 Å². The van der Waals surface area contributed by atoms with E-state index in [4.69, 9.17) is 17.0 Å². The van der Waals surface area contributed by atoms with Gasteiger partial charge in [-0.2, -0.15) is 8.78 Å². The summed E-state index contributed by atoms with van der Waals surface area (Å²) in [5, 5.41) is 11.2. The third-order valence-electron chi connectivity index (χ3n) is 5.65. The number of halogens is 3. The number of amides is 1. The van der Waals surface area contributed by atoms with Crippen LogP contribution in [0.15, 0.2) is 102 Å². The number of alkyl halides is 2. The predicted molar refractivity (Wildman–Crippen MR) is 136 cm³/mol. The van der Waals surface area contributed by atoms with Gasteiger partial charge in [0.1, 0.15) is 0 Å². The standard InChI is InChI=1S/C28H22ClF2N3O2/c29-24-8-4-5-20(16-24)25(32)17-33-27(36)21-6-3-7-23(15-21)28(30,31)22-12-10-19(11-13-22)18-34-14-2-1-9-26(34)35/h1-16,32H,17-18H2,(H,33,36). The summed E-state index contributed by atoms with van der Waals surface area (Å²) in [7, 11) is 0. The molecule has 182 valence electrons. The van der Waals surface area contributed by atoms with E-state index in [-0.39, 0.29) is 41.1 Å². The zero-order valence-electron chi connectivity index (χ0n) is 19.0. The lowest BCUT2D eigenvalue weighted by atomic mass is 9.97. The molecule has 0 aliphatic carbocycles. The fraction of sp³-hybridized carbons (Fsp3) is 0.107. The summed E-state index contributed by atoms with van der Waals surface area (Å²) in [4.78, 5) is 24.5. The quantitative estimate of drug-likeness (QED) is 0.311. The van der Waals surface area contributed by atoms with Gasteiger partial charge in [-0.05, 0) is 41.5 Å². The number of nitrogens with zero attached hydrogens (tertiary/aromatic N) is 1. The largest absolute Gasteiger partial charge is 0.346 e. The third-order valence-corrected chi connectivity index (χ3v) is 5.89. The van der Waals surface area contributed by atoms with Crippen molar-refractivity contribution in [1.82, 2.24) is 9.88 Å². The molecule has 0 fully saturated rings. The van der Waals surface area contributed by atoms with Gasteiger partial charge < -0.3 is 15.3 Å². The van der Waals surface area contributed by atoms with Gasteiger partial charge in [-0.25, -0.2) is 0 Å². The Morgan fingerprint density at radius 1 is 0.889 bits per heavy atom. The first-order valence-corrected chi connectivity index (χ1v) is 11.5. The Bertz CT molecular complexity index is 1470. The predicted octanol–water partition coefficient (Wildman–Crippen LogP) is 5.49. The van der Waals surface area contributed by atoms with Crippen LogP contribution in [-0.2, 0) is 12.5 Å². The number of hydrogen-bond acceptors (Lipinski definition) is 3. The average molecular weight is 506 g/mol. The Kier molecular flexibility index (Phi) is 7.41. The minimum atomic E-state index is -3.34. The normalized spacial score (nSPS) is 11.2. The van der Waals surface area contributed by atoms with Crippen LogP contribution in [0.3, 0.4) is 0 Å². The lowest BCUT2D eigenvalue weighted by Gasteiger charge is -2.18. The average Bonchev–Trinajstić information content (AvgIpc) is 2.89. The number of hydrogen-bond donors (Lipinski definition) is 2. The van der Waals surface area contributed by atoms with Gasteiger partial charge in [-0.1, -0.05) is 66.2 Å². The maximum absolute atomic E-state index is 15.3. The zero-order valence-corrected chi connectivity index (χ0v) is 19.8. The van der Waals surface area contributed by atoms with Crippen molar-refractivity contribution in [3.63, 3.8) is 0 Å². The van der Waals surface area contributed by atoms with Gasteiger partial charge in [0, 0.05) is 34.0 Å². The van der Waals surface area contributed by atoms with E-state index >= 15 is 8.78 Å². The molecule has 4 rings (SSSR count). The van der Waals surface area contributed by atoms with E-state index in [1.807, 2.05) is 0 Å². The summed E-state index contributed by atoms with van der Waals surface area (Å²) < 4.78 is 32.1. The monoisotopic (exact) mass is 505 g/mol. The maximum atomic E-state index is 15.3. The van der Waals surface area contributed by atoms with Gasteiger partial charge in [0.15, 0.2) is 0 Å². The van der Waals surface area contributed by atoms with Crippen molar-refractivity contribution in [2.45, 2.75) is 12.5 Å². The van der Waals surface area contributed by atoms with E-state index in [0.717, 1.165) is 6.07 Å². The highest BCUT2D eigenvalue weighted by molar-refractivity contribution is 6.31. The fourth-order valence-corrected chi connectivity index (χ4v) is 3.87. The van der Waals surface area contributed by atoms with Gasteiger partial charge in [0.25, 0.3) is 17.4 Å². The first-order valence-electron chi connectivity index (χ1n) is 11.1. The van der Waals surface area contributed by atoms with Crippen molar-refractivity contribution in [2.24, 2.45) is 0 Å². The molecule has 1 heterocycles. The molecule has 3 aromatic carbocycles. The fourth-order valence-electron chi connectivity index (χ4n) is 3.68. The smallest absolute Gasteiger partial charge is 0.298 e. The molecular formula is C28H22ClF2N3O2. The Balaban J connectivity index is 1.46. The van der Waals surface area contributed by atoms with E-state index in [0.29, 0.717) is 16.1 Å². The van der Waals surface area contributed by atoms with Crippen LogP contribution >= 0.6 is 11.6 Å². The van der Waals surface area contributed by atoms with Gasteiger partial charge in [-0.3, -0.25) is 9.59 Å². The molecule has 0 saturated carbocycles. The molecule has 0 bridgehead atoms. The van der Waals surface area contributed by atoms with Crippen molar-refractivity contribution in [3.05, 3.63) is 140 Å². The van der Waals surface area contributed by atoms with Crippen molar-refractivity contribution >= 4 is 23.2 Å². The molecule has 0 saturated heterocycles. The number of aromatic nitrogens is 1. The van der Waals surface area contributed by atoms with Crippen LogP contribution in [0.1, 0.15) is 32.6 Å². The van der Waals surface area contributed by atoms with E-state index in [1.165, 1.54) is 41.0 Å². The third kappa shape index (κ3) is 5.75. The molecule has 0 spiro atoms. The van der Waals surface area contributed by atoms with Gasteiger partial charge in [0.05, 0.1) is 18.8 Å². The molecule has 0 unspecified atom stereocenters. The van der Waals surface area contributed by atoms with E-state index < -0.39 is 11.8 Å². The Morgan fingerprint density at radius 2 is 1.61 bits per heavy atom. The molecule has 2 N–H and O–H groups in total. The zero-order chi connectivity index (χ0) is 25.7. The molecule has 4 aromatic rings. The van der Waals surface area contributed by atoms with Crippen LogP contribution in [0, 0.1) is 5.41 Å². The number of carbonyl (C=O) groups is 1. The van der Waals surface area contributed by atoms with Crippen LogP contribution < -0.4 is 10.9 Å². The molecule has 0 aliphatic heterocycles. The number of carbonyl (C=O) groups excluding carboxylic acids is 1. The number of rotatable bonds is 8. The maximum Gasteiger partial charge on any atom is 0.298 e. The molecule has 8 heteroatoms. The lowest BCUT2D eigenvalue weighted by molar-refractivity contribution is 0.0427. The second-order valence-corrected chi connectivity index (χ2v) is 8.63. The van der Waals surface area contributed by atoms with Crippen LogP contribution in [0.5, 0.6) is 0 Å². The summed E-state index contributed by atoms with van der Waals surface area (Å²) in [6, 6.07) is 22.5. The van der Waals surface area contributed by atoms with Crippen molar-refractivity contribution in [2.75, 3.05) is 6.54 Å². The summed E-state index contributed by atoms with van der Waals surface area (Å²) >= 11 is 5.94. The van der Waals surface area contributed by atoms with Crippen molar-refractivity contribution < 1.29 is 13.6 Å². The molecular weight excluding hydrogens is 484 g/mol. The first kappa shape index (κ1) is 25.0. The van der Waals surface area contributed by atoms with Crippen molar-refractivity contribution in [3.8, 4) is 0 Å². The van der Waals surface area contributed by atoms with E-state index in [1.54, 1.807) is 54.7 Å². The van der Waals surface area contributed by atoms with Gasteiger partial charge in [-0.15, -0.1) is 0 Å². The van der Waals surface area contributed by atoms with Gasteiger partial charge in [0.2, 0.25) is 0 Å². The summed E-state index contributed by atoms with van der Waals surface area (Å²) in [6.07, 6.45) is 1.64. The highest BCUT2D eigenvalue weighted by atomic mass is 35.5. The SMILES string of the molecule is N=C(CNC(=O)c1cccc(C(F)(F)c2ccc(Cn3ccccc3=O)cc2)c1)c1cccc(Cl)c1. The highest BCUT2D eigenvalue weighted by Crippen LogP contribution is 2.36. The molecule has 1 amide bonds. The van der Waals surface area contributed by atoms with Gasteiger partial charge >= 0.3 is 0 Å². The molecule has 0 radical (unpaired) electrons. The number of benzene rings is 3.